The van der Waals surface area contributed by atoms with E-state index in [1.54, 1.807) is 0 Å². The van der Waals surface area contributed by atoms with E-state index < -0.39 is 0 Å². The Balaban J connectivity index is 2.13. The average Bonchev–Trinajstić information content (AvgIpc) is 2.74. The van der Waals surface area contributed by atoms with Gasteiger partial charge in [0.15, 0.2) is 0 Å². The molecule has 3 heteroatoms. The summed E-state index contributed by atoms with van der Waals surface area (Å²) in [6.07, 6.45) is 11.0. The molecule has 86 valence electrons. The maximum Gasteiger partial charge on any atom is 0.0677 e. The zero-order chi connectivity index (χ0) is 11.4. The summed E-state index contributed by atoms with van der Waals surface area (Å²) in [5, 5.41) is 13.3. The Hall–Kier alpha value is -1.30. The molecule has 0 aromatic carbocycles. The second-order valence-electron chi connectivity index (χ2n) is 4.83. The molecule has 1 aromatic heterocycles. The topological polar surface area (TPSA) is 41.6 Å². The van der Waals surface area contributed by atoms with Crippen LogP contribution in [0.4, 0.5) is 0 Å². The molecule has 1 atom stereocenters. The van der Waals surface area contributed by atoms with Crippen LogP contribution in [-0.4, -0.2) is 9.78 Å². The van der Waals surface area contributed by atoms with Crippen molar-refractivity contribution < 1.29 is 0 Å². The van der Waals surface area contributed by atoms with Gasteiger partial charge in [-0.05, 0) is 31.2 Å². The molecule has 1 heterocycles. The van der Waals surface area contributed by atoms with Crippen molar-refractivity contribution in [1.29, 1.82) is 5.26 Å². The number of hydrogen-bond acceptors (Lipinski definition) is 2. The molecular weight excluding hydrogens is 198 g/mol. The third-order valence-electron chi connectivity index (χ3n) is 3.56. The summed E-state index contributed by atoms with van der Waals surface area (Å²) in [5.74, 6) is 0.646. The third-order valence-corrected chi connectivity index (χ3v) is 3.56. The monoisotopic (exact) mass is 217 g/mol. The second-order valence-corrected chi connectivity index (χ2v) is 4.83. The number of rotatable bonds is 3. The van der Waals surface area contributed by atoms with E-state index in [1.165, 1.54) is 37.7 Å². The predicted molar refractivity (Wildman–Crippen MR) is 62.8 cm³/mol. The third kappa shape index (κ3) is 2.44. The van der Waals surface area contributed by atoms with Gasteiger partial charge >= 0.3 is 0 Å². The second kappa shape index (κ2) is 5.16. The summed E-state index contributed by atoms with van der Waals surface area (Å²) < 4.78 is 2.01. The van der Waals surface area contributed by atoms with Crippen LogP contribution in [0.2, 0.25) is 0 Å². The quantitative estimate of drug-likeness (QED) is 0.780. The smallest absolute Gasteiger partial charge is 0.0677 e. The molecule has 0 spiro atoms. The van der Waals surface area contributed by atoms with Crippen molar-refractivity contribution in [2.45, 2.75) is 51.5 Å². The molecule has 1 fully saturated rings. The van der Waals surface area contributed by atoms with Crippen LogP contribution in [0.15, 0.2) is 12.4 Å². The molecule has 1 aliphatic carbocycles. The molecule has 1 saturated carbocycles. The number of nitrogens with zero attached hydrogens (tertiary/aromatic N) is 3. The minimum absolute atomic E-state index is 0.291. The first-order chi connectivity index (χ1) is 7.81. The van der Waals surface area contributed by atoms with Crippen molar-refractivity contribution in [1.82, 2.24) is 9.78 Å². The van der Waals surface area contributed by atoms with E-state index in [0.717, 1.165) is 0 Å². The van der Waals surface area contributed by atoms with E-state index >= 15 is 0 Å². The molecule has 0 aliphatic heterocycles. The van der Waals surface area contributed by atoms with Crippen LogP contribution >= 0.6 is 0 Å². The Labute approximate surface area is 97.1 Å². The lowest BCUT2D eigenvalue weighted by Gasteiger charge is -2.28. The van der Waals surface area contributed by atoms with Crippen LogP contribution in [0.1, 0.15) is 50.1 Å². The van der Waals surface area contributed by atoms with Crippen LogP contribution in [0.3, 0.4) is 0 Å². The van der Waals surface area contributed by atoms with Gasteiger partial charge in [-0.2, -0.15) is 10.4 Å². The predicted octanol–water partition coefficient (Wildman–Crippen LogP) is 3.23. The summed E-state index contributed by atoms with van der Waals surface area (Å²) in [7, 11) is 0. The van der Waals surface area contributed by atoms with Crippen molar-refractivity contribution >= 4 is 0 Å². The van der Waals surface area contributed by atoms with E-state index in [2.05, 4.69) is 17.4 Å². The van der Waals surface area contributed by atoms with Crippen molar-refractivity contribution in [2.24, 2.45) is 5.92 Å². The number of aryl methyl sites for hydroxylation is 1. The number of nitriles is 1. The largest absolute Gasteiger partial charge is 0.268 e. The van der Waals surface area contributed by atoms with Gasteiger partial charge in [0.25, 0.3) is 0 Å². The van der Waals surface area contributed by atoms with Crippen LogP contribution < -0.4 is 0 Å². The first-order valence-electron chi connectivity index (χ1n) is 6.19. The van der Waals surface area contributed by atoms with Crippen LogP contribution in [0.25, 0.3) is 0 Å². The Morgan fingerprint density at radius 1 is 1.50 bits per heavy atom. The van der Waals surface area contributed by atoms with Crippen molar-refractivity contribution in [3.8, 4) is 6.07 Å². The molecule has 1 aliphatic rings. The molecule has 1 unspecified atom stereocenters. The summed E-state index contributed by atoms with van der Waals surface area (Å²) in [4.78, 5) is 0. The SMILES string of the molecule is Cc1cnn(C(CC#N)C2CCCCC2)c1. The van der Waals surface area contributed by atoms with Crippen LogP contribution in [-0.2, 0) is 0 Å². The van der Waals surface area contributed by atoms with Gasteiger partial charge in [-0.25, -0.2) is 0 Å². The lowest BCUT2D eigenvalue weighted by Crippen LogP contribution is -2.22. The normalized spacial score (nSPS) is 19.2. The highest BCUT2D eigenvalue weighted by molar-refractivity contribution is 5.02. The Morgan fingerprint density at radius 3 is 2.81 bits per heavy atom. The van der Waals surface area contributed by atoms with E-state index in [-0.39, 0.29) is 0 Å². The van der Waals surface area contributed by atoms with Gasteiger partial charge in [-0.15, -0.1) is 0 Å². The lowest BCUT2D eigenvalue weighted by molar-refractivity contribution is 0.237. The van der Waals surface area contributed by atoms with E-state index in [1.807, 2.05) is 17.8 Å². The van der Waals surface area contributed by atoms with Gasteiger partial charge in [-0.3, -0.25) is 4.68 Å². The molecule has 0 N–H and O–H groups in total. The molecule has 0 radical (unpaired) electrons. The highest BCUT2D eigenvalue weighted by Gasteiger charge is 2.25. The fraction of sp³-hybridized carbons (Fsp3) is 0.692. The van der Waals surface area contributed by atoms with Crippen molar-refractivity contribution in [3.05, 3.63) is 18.0 Å². The molecule has 1 aromatic rings. The number of hydrogen-bond donors (Lipinski definition) is 0. The highest BCUT2D eigenvalue weighted by atomic mass is 15.3. The Morgan fingerprint density at radius 2 is 2.25 bits per heavy atom. The zero-order valence-electron chi connectivity index (χ0n) is 9.89. The lowest BCUT2D eigenvalue weighted by atomic mass is 9.83. The Bertz CT molecular complexity index is 369. The van der Waals surface area contributed by atoms with Crippen molar-refractivity contribution in [3.63, 3.8) is 0 Å². The molecular formula is C13H19N3. The first kappa shape index (κ1) is 11.2. The summed E-state index contributed by atoms with van der Waals surface area (Å²) >= 11 is 0. The summed E-state index contributed by atoms with van der Waals surface area (Å²) in [6.45, 7) is 2.05. The van der Waals surface area contributed by atoms with E-state index in [9.17, 15) is 0 Å². The minimum atomic E-state index is 0.291. The average molecular weight is 217 g/mol. The summed E-state index contributed by atoms with van der Waals surface area (Å²) in [6, 6.07) is 2.60. The molecule has 0 bridgehead atoms. The van der Waals surface area contributed by atoms with E-state index in [4.69, 9.17) is 5.26 Å². The molecule has 3 nitrogen and oxygen atoms in total. The summed E-state index contributed by atoms with van der Waals surface area (Å²) in [5.41, 5.74) is 1.18. The van der Waals surface area contributed by atoms with Gasteiger partial charge in [0.2, 0.25) is 0 Å². The molecule has 2 rings (SSSR count). The van der Waals surface area contributed by atoms with E-state index in [0.29, 0.717) is 18.4 Å². The Kier molecular flexibility index (Phi) is 3.61. The van der Waals surface area contributed by atoms with Gasteiger partial charge in [0.1, 0.15) is 0 Å². The van der Waals surface area contributed by atoms with Gasteiger partial charge in [-0.1, -0.05) is 19.3 Å². The zero-order valence-corrected chi connectivity index (χ0v) is 9.89. The molecule has 0 amide bonds. The minimum Gasteiger partial charge on any atom is -0.268 e. The van der Waals surface area contributed by atoms with Crippen LogP contribution in [0.5, 0.6) is 0 Å². The first-order valence-corrected chi connectivity index (χ1v) is 6.19. The number of aromatic nitrogens is 2. The standard InChI is InChI=1S/C13H19N3/c1-11-9-15-16(10-11)13(7-8-14)12-5-3-2-4-6-12/h9-10,12-13H,2-7H2,1H3. The van der Waals surface area contributed by atoms with Gasteiger partial charge in [0, 0.05) is 6.20 Å². The fourth-order valence-electron chi connectivity index (χ4n) is 2.70. The van der Waals surface area contributed by atoms with Gasteiger partial charge in [0.05, 0.1) is 24.7 Å². The highest BCUT2D eigenvalue weighted by Crippen LogP contribution is 2.34. The molecule has 0 saturated heterocycles. The van der Waals surface area contributed by atoms with Crippen molar-refractivity contribution in [2.75, 3.05) is 0 Å². The maximum absolute atomic E-state index is 8.94. The molecule has 16 heavy (non-hydrogen) atoms. The maximum atomic E-state index is 8.94. The fourth-order valence-corrected chi connectivity index (χ4v) is 2.70. The van der Waals surface area contributed by atoms with Crippen LogP contribution in [0, 0.1) is 24.2 Å². The van der Waals surface area contributed by atoms with Gasteiger partial charge < -0.3 is 0 Å².